The molecule has 6 rings (SSSR count). The van der Waals surface area contributed by atoms with E-state index in [1.165, 1.54) is 9.80 Å². The fourth-order valence-corrected chi connectivity index (χ4v) is 5.41. The molecule has 0 saturated carbocycles. The van der Waals surface area contributed by atoms with Gasteiger partial charge in [-0.15, -0.1) is 6.58 Å². The maximum Gasteiger partial charge on any atom is 0.296 e. The molecule has 3 aliphatic rings. The second-order valence-electron chi connectivity index (χ2n) is 9.10. The molecule has 4 heterocycles. The van der Waals surface area contributed by atoms with Crippen LogP contribution >= 0.6 is 0 Å². The van der Waals surface area contributed by atoms with Gasteiger partial charge >= 0.3 is 0 Å². The van der Waals surface area contributed by atoms with E-state index in [1.807, 2.05) is 0 Å². The first-order valence-electron chi connectivity index (χ1n) is 12.1. The highest BCUT2D eigenvalue weighted by Crippen LogP contribution is 2.54. The third-order valence-corrected chi connectivity index (χ3v) is 7.00. The lowest BCUT2D eigenvalue weighted by molar-refractivity contribution is -0.144. The zero-order chi connectivity index (χ0) is 26.4. The number of carbonyl (C=O) groups is 3. The Labute approximate surface area is 218 Å². The van der Waals surface area contributed by atoms with Gasteiger partial charge in [-0.2, -0.15) is 0 Å². The molecule has 0 bridgehead atoms. The van der Waals surface area contributed by atoms with Crippen LogP contribution in [0.4, 0.5) is 5.69 Å². The summed E-state index contributed by atoms with van der Waals surface area (Å²) in [5, 5.41) is 11.7. The topological polar surface area (TPSA) is 109 Å². The normalized spacial score (nSPS) is 21.2. The SMILES string of the molecule is C=CCN1C(=O)C2(/C(=C(\O)c3ccc4c(c3)OCCO4)C(=O)C(=O)N2Cc2cccnc2)c2ccccc21. The van der Waals surface area contributed by atoms with Gasteiger partial charge in [0.1, 0.15) is 19.0 Å². The molecule has 1 spiro atoms. The van der Waals surface area contributed by atoms with Crippen molar-refractivity contribution in [3.05, 3.63) is 102 Å². The fraction of sp³-hybridized carbons (Fsp3) is 0.172. The molecule has 1 fully saturated rings. The Hall–Kier alpha value is -4.92. The van der Waals surface area contributed by atoms with Crippen LogP contribution in [-0.4, -0.2) is 52.3 Å². The summed E-state index contributed by atoms with van der Waals surface area (Å²) in [5.41, 5.74) is -0.383. The van der Waals surface area contributed by atoms with Crippen molar-refractivity contribution >= 4 is 29.0 Å². The van der Waals surface area contributed by atoms with Crippen LogP contribution in [-0.2, 0) is 26.5 Å². The quantitative estimate of drug-likeness (QED) is 0.244. The lowest BCUT2D eigenvalue weighted by Gasteiger charge is -2.34. The number of likely N-dealkylation sites (tertiary alicyclic amines) is 1. The predicted octanol–water partition coefficient (Wildman–Crippen LogP) is 3.16. The van der Waals surface area contributed by atoms with Crippen LogP contribution in [0, 0.1) is 0 Å². The number of carbonyl (C=O) groups excluding carboxylic acids is 3. The third kappa shape index (κ3) is 3.25. The number of Topliss-reactive ketones (excluding diaryl/α,β-unsaturated/α-hetero) is 1. The molecule has 1 aromatic heterocycles. The van der Waals surface area contributed by atoms with Crippen LogP contribution in [0.1, 0.15) is 16.7 Å². The van der Waals surface area contributed by atoms with Crippen LogP contribution in [0.3, 0.4) is 0 Å². The molecule has 1 unspecified atom stereocenters. The molecule has 0 aliphatic carbocycles. The number of amides is 2. The third-order valence-electron chi connectivity index (χ3n) is 7.00. The van der Waals surface area contributed by atoms with Gasteiger partial charge in [-0.05, 0) is 35.9 Å². The van der Waals surface area contributed by atoms with Crippen molar-refractivity contribution in [1.82, 2.24) is 9.88 Å². The highest BCUT2D eigenvalue weighted by atomic mass is 16.6. The monoisotopic (exact) mass is 509 g/mol. The number of para-hydroxylation sites is 1. The Kier molecular flexibility index (Phi) is 5.48. The summed E-state index contributed by atoms with van der Waals surface area (Å²) < 4.78 is 11.2. The number of aliphatic hydroxyl groups is 1. The van der Waals surface area contributed by atoms with E-state index in [9.17, 15) is 19.5 Å². The molecule has 9 heteroatoms. The molecule has 3 aromatic rings. The van der Waals surface area contributed by atoms with Gasteiger partial charge in [0.05, 0.1) is 11.3 Å². The number of nitrogens with zero attached hydrogens (tertiary/aromatic N) is 3. The average Bonchev–Trinajstić information content (AvgIpc) is 3.32. The maximum atomic E-state index is 14.4. The number of fused-ring (bicyclic) bond motifs is 3. The van der Waals surface area contributed by atoms with Gasteiger partial charge in [-0.25, -0.2) is 0 Å². The molecule has 1 N–H and O–H groups in total. The van der Waals surface area contributed by atoms with Crippen molar-refractivity contribution < 1.29 is 29.0 Å². The van der Waals surface area contributed by atoms with Crippen molar-refractivity contribution in [2.75, 3.05) is 24.7 Å². The average molecular weight is 510 g/mol. The number of aromatic nitrogens is 1. The molecule has 1 atom stereocenters. The summed E-state index contributed by atoms with van der Waals surface area (Å²) >= 11 is 0. The largest absolute Gasteiger partial charge is 0.507 e. The molecule has 1 saturated heterocycles. The number of rotatable bonds is 5. The van der Waals surface area contributed by atoms with Crippen LogP contribution in [0.2, 0.25) is 0 Å². The maximum absolute atomic E-state index is 14.4. The molecule has 0 radical (unpaired) electrons. The van der Waals surface area contributed by atoms with E-state index in [1.54, 1.807) is 73.1 Å². The van der Waals surface area contributed by atoms with E-state index in [4.69, 9.17) is 9.47 Å². The minimum atomic E-state index is -1.89. The van der Waals surface area contributed by atoms with Gasteiger partial charge in [0.25, 0.3) is 17.6 Å². The Bertz CT molecular complexity index is 1530. The lowest BCUT2D eigenvalue weighted by atomic mass is 9.81. The first kappa shape index (κ1) is 23.5. The zero-order valence-corrected chi connectivity index (χ0v) is 20.3. The number of pyridine rings is 1. The van der Waals surface area contributed by atoms with Crippen LogP contribution < -0.4 is 14.4 Å². The number of hydrogen-bond donors (Lipinski definition) is 1. The van der Waals surface area contributed by atoms with Crippen molar-refractivity contribution in [2.45, 2.75) is 12.1 Å². The molecule has 2 amide bonds. The highest BCUT2D eigenvalue weighted by molar-refractivity contribution is 6.50. The van der Waals surface area contributed by atoms with E-state index >= 15 is 0 Å². The molecule has 2 aromatic carbocycles. The van der Waals surface area contributed by atoms with Crippen molar-refractivity contribution in [3.63, 3.8) is 0 Å². The van der Waals surface area contributed by atoms with Gasteiger partial charge in [0.2, 0.25) is 0 Å². The lowest BCUT2D eigenvalue weighted by Crippen LogP contribution is -2.51. The van der Waals surface area contributed by atoms with E-state index in [0.29, 0.717) is 41.5 Å². The van der Waals surface area contributed by atoms with Crippen molar-refractivity contribution in [3.8, 4) is 11.5 Å². The molecule has 190 valence electrons. The minimum Gasteiger partial charge on any atom is -0.507 e. The Morgan fingerprint density at radius 3 is 2.61 bits per heavy atom. The first-order chi connectivity index (χ1) is 18.5. The summed E-state index contributed by atoms with van der Waals surface area (Å²) in [5.74, 6) is -1.95. The summed E-state index contributed by atoms with van der Waals surface area (Å²) in [6.45, 7) is 4.57. The van der Waals surface area contributed by atoms with E-state index in [-0.39, 0.29) is 24.2 Å². The Morgan fingerprint density at radius 2 is 1.84 bits per heavy atom. The van der Waals surface area contributed by atoms with Crippen LogP contribution in [0.15, 0.2) is 85.2 Å². The van der Waals surface area contributed by atoms with Crippen LogP contribution in [0.25, 0.3) is 5.76 Å². The molecule has 3 aliphatic heterocycles. The van der Waals surface area contributed by atoms with Crippen molar-refractivity contribution in [2.24, 2.45) is 0 Å². The van der Waals surface area contributed by atoms with E-state index < -0.39 is 28.9 Å². The van der Waals surface area contributed by atoms with Gasteiger partial charge in [0.15, 0.2) is 17.0 Å². The smallest absolute Gasteiger partial charge is 0.296 e. The minimum absolute atomic E-state index is 0.0711. The molecular formula is C29H23N3O6. The number of hydrogen-bond acceptors (Lipinski definition) is 7. The predicted molar refractivity (Wildman–Crippen MR) is 137 cm³/mol. The number of anilines is 1. The summed E-state index contributed by atoms with van der Waals surface area (Å²) in [6.07, 6.45) is 4.74. The second kappa shape index (κ2) is 8.88. The van der Waals surface area contributed by atoms with Gasteiger partial charge in [-0.3, -0.25) is 19.4 Å². The molecule has 9 nitrogen and oxygen atoms in total. The molecule has 38 heavy (non-hydrogen) atoms. The van der Waals surface area contributed by atoms with E-state index in [2.05, 4.69) is 11.6 Å². The Morgan fingerprint density at radius 1 is 1.05 bits per heavy atom. The fourth-order valence-electron chi connectivity index (χ4n) is 5.41. The Balaban J connectivity index is 1.62. The number of benzene rings is 2. The van der Waals surface area contributed by atoms with Gasteiger partial charge < -0.3 is 24.4 Å². The van der Waals surface area contributed by atoms with Gasteiger partial charge in [-0.1, -0.05) is 30.3 Å². The standard InChI is InChI=1S/C29H23N3O6/c1-2-12-31-21-8-4-3-7-20(21)29(28(31)36)24(25(33)19-9-10-22-23(15-19)38-14-13-37-22)26(34)27(35)32(29)17-18-6-5-11-30-16-18/h2-11,15-16,33H,1,12-14,17H2/b25-24-. The highest BCUT2D eigenvalue weighted by Gasteiger charge is 2.67. The van der Waals surface area contributed by atoms with E-state index in [0.717, 1.165) is 0 Å². The summed E-state index contributed by atoms with van der Waals surface area (Å²) in [4.78, 5) is 48.6. The van der Waals surface area contributed by atoms with Crippen LogP contribution in [0.5, 0.6) is 11.5 Å². The van der Waals surface area contributed by atoms with Gasteiger partial charge in [0, 0.05) is 36.6 Å². The summed E-state index contributed by atoms with van der Waals surface area (Å²) in [7, 11) is 0. The molecular weight excluding hydrogens is 486 g/mol. The summed E-state index contributed by atoms with van der Waals surface area (Å²) in [6, 6.07) is 15.2. The van der Waals surface area contributed by atoms with Crippen molar-refractivity contribution in [1.29, 1.82) is 0 Å². The number of aliphatic hydroxyl groups excluding tert-OH is 1. The first-order valence-corrected chi connectivity index (χ1v) is 12.1. The zero-order valence-electron chi connectivity index (χ0n) is 20.3. The number of ether oxygens (including phenoxy) is 2. The number of ketones is 1. The second-order valence-corrected chi connectivity index (χ2v) is 9.10.